The van der Waals surface area contributed by atoms with Crippen molar-refractivity contribution in [3.8, 4) is 0 Å². The van der Waals surface area contributed by atoms with Crippen LogP contribution in [0.3, 0.4) is 0 Å². The second-order valence-corrected chi connectivity index (χ2v) is 4.02. The van der Waals surface area contributed by atoms with Crippen LogP contribution in [0.1, 0.15) is 11.4 Å². The van der Waals surface area contributed by atoms with Crippen molar-refractivity contribution in [3.63, 3.8) is 0 Å². The summed E-state index contributed by atoms with van der Waals surface area (Å²) in [5.74, 6) is 0.529. The Bertz CT molecular complexity index is 549. The first kappa shape index (κ1) is 12.4. The minimum Gasteiger partial charge on any atom is -0.347 e. The summed E-state index contributed by atoms with van der Waals surface area (Å²) in [6.07, 6.45) is 6.48. The number of rotatable bonds is 4. The molecule has 0 saturated carbocycles. The van der Waals surface area contributed by atoms with E-state index in [2.05, 4.69) is 15.3 Å². The standard InChI is InChI=1S/C13H12ClN3O/c14-11-4-2-1-3-10(11)5-6-13(18)17-9-12-15-7-8-16-12/h1-8H,9H2,(H,15,16)(H,17,18). The highest BCUT2D eigenvalue weighted by molar-refractivity contribution is 6.32. The maximum Gasteiger partial charge on any atom is 0.244 e. The Hall–Kier alpha value is -2.07. The van der Waals surface area contributed by atoms with Crippen LogP contribution in [0.4, 0.5) is 0 Å². The highest BCUT2D eigenvalue weighted by atomic mass is 35.5. The molecule has 0 aliphatic rings. The van der Waals surface area contributed by atoms with Gasteiger partial charge in [0.15, 0.2) is 0 Å². The van der Waals surface area contributed by atoms with Gasteiger partial charge < -0.3 is 10.3 Å². The van der Waals surface area contributed by atoms with Crippen molar-refractivity contribution >= 4 is 23.6 Å². The molecule has 2 rings (SSSR count). The van der Waals surface area contributed by atoms with Crippen molar-refractivity contribution in [1.82, 2.24) is 15.3 Å². The number of carbonyl (C=O) groups is 1. The first-order chi connectivity index (χ1) is 8.75. The quantitative estimate of drug-likeness (QED) is 0.831. The summed E-state index contributed by atoms with van der Waals surface area (Å²) >= 11 is 5.97. The Labute approximate surface area is 110 Å². The lowest BCUT2D eigenvalue weighted by atomic mass is 10.2. The fraction of sp³-hybridized carbons (Fsp3) is 0.0769. The predicted octanol–water partition coefficient (Wildman–Crippen LogP) is 2.39. The second-order valence-electron chi connectivity index (χ2n) is 3.61. The van der Waals surface area contributed by atoms with E-state index in [1.54, 1.807) is 24.5 Å². The Balaban J connectivity index is 1.89. The highest BCUT2D eigenvalue weighted by Crippen LogP contribution is 2.15. The number of amides is 1. The van der Waals surface area contributed by atoms with Crippen LogP contribution in [0.25, 0.3) is 6.08 Å². The zero-order chi connectivity index (χ0) is 12.8. The lowest BCUT2D eigenvalue weighted by Crippen LogP contribution is -2.20. The summed E-state index contributed by atoms with van der Waals surface area (Å²) in [6, 6.07) is 7.34. The van der Waals surface area contributed by atoms with Gasteiger partial charge in [-0.3, -0.25) is 4.79 Å². The largest absolute Gasteiger partial charge is 0.347 e. The average molecular weight is 262 g/mol. The van der Waals surface area contributed by atoms with E-state index in [-0.39, 0.29) is 5.91 Å². The number of hydrogen-bond donors (Lipinski definition) is 2. The molecule has 0 unspecified atom stereocenters. The van der Waals surface area contributed by atoms with Gasteiger partial charge in [-0.1, -0.05) is 29.8 Å². The van der Waals surface area contributed by atoms with E-state index >= 15 is 0 Å². The molecule has 0 radical (unpaired) electrons. The normalized spacial score (nSPS) is 10.7. The number of aromatic amines is 1. The van der Waals surface area contributed by atoms with Gasteiger partial charge in [0.1, 0.15) is 5.82 Å². The zero-order valence-electron chi connectivity index (χ0n) is 9.56. The Morgan fingerprint density at radius 1 is 1.44 bits per heavy atom. The van der Waals surface area contributed by atoms with Gasteiger partial charge in [0.2, 0.25) is 5.91 Å². The van der Waals surface area contributed by atoms with E-state index < -0.39 is 0 Å². The number of imidazole rings is 1. The van der Waals surface area contributed by atoms with E-state index in [1.165, 1.54) is 6.08 Å². The number of nitrogens with zero attached hydrogens (tertiary/aromatic N) is 1. The van der Waals surface area contributed by atoms with Gasteiger partial charge in [0.25, 0.3) is 0 Å². The fourth-order valence-corrected chi connectivity index (χ4v) is 1.60. The van der Waals surface area contributed by atoms with Crippen LogP contribution in [0, 0.1) is 0 Å². The molecule has 0 aliphatic carbocycles. The SMILES string of the molecule is O=C(C=Cc1ccccc1Cl)NCc1ncc[nH]1. The molecule has 4 nitrogen and oxygen atoms in total. The molecule has 0 fully saturated rings. The first-order valence-electron chi connectivity index (χ1n) is 5.44. The minimum absolute atomic E-state index is 0.189. The van der Waals surface area contributed by atoms with Gasteiger partial charge in [0.05, 0.1) is 6.54 Å². The molecule has 0 spiro atoms. The molecule has 18 heavy (non-hydrogen) atoms. The van der Waals surface area contributed by atoms with Gasteiger partial charge in [-0.2, -0.15) is 0 Å². The predicted molar refractivity (Wildman–Crippen MR) is 70.9 cm³/mol. The van der Waals surface area contributed by atoms with Crippen LogP contribution < -0.4 is 5.32 Å². The summed E-state index contributed by atoms with van der Waals surface area (Å²) < 4.78 is 0. The molecular formula is C13H12ClN3O. The van der Waals surface area contributed by atoms with E-state index in [1.807, 2.05) is 18.2 Å². The lowest BCUT2D eigenvalue weighted by molar-refractivity contribution is -0.116. The number of carbonyl (C=O) groups excluding carboxylic acids is 1. The molecule has 0 aliphatic heterocycles. The molecule has 1 aromatic heterocycles. The summed E-state index contributed by atoms with van der Waals surface area (Å²) in [4.78, 5) is 18.4. The summed E-state index contributed by atoms with van der Waals surface area (Å²) in [5.41, 5.74) is 0.812. The third-order valence-electron chi connectivity index (χ3n) is 2.30. The van der Waals surface area contributed by atoms with Gasteiger partial charge in [-0.05, 0) is 17.7 Å². The Morgan fingerprint density at radius 3 is 3.00 bits per heavy atom. The van der Waals surface area contributed by atoms with E-state index in [9.17, 15) is 4.79 Å². The van der Waals surface area contributed by atoms with Crippen molar-refractivity contribution in [3.05, 3.63) is 59.1 Å². The van der Waals surface area contributed by atoms with Gasteiger partial charge >= 0.3 is 0 Å². The minimum atomic E-state index is -0.189. The maximum absolute atomic E-state index is 11.5. The molecule has 0 atom stereocenters. The molecule has 1 heterocycles. The van der Waals surface area contributed by atoms with Crippen molar-refractivity contribution in [2.24, 2.45) is 0 Å². The van der Waals surface area contributed by atoms with E-state index in [0.717, 1.165) is 11.4 Å². The smallest absolute Gasteiger partial charge is 0.244 e. The molecular weight excluding hydrogens is 250 g/mol. The van der Waals surface area contributed by atoms with Crippen LogP contribution in [-0.4, -0.2) is 15.9 Å². The summed E-state index contributed by atoms with van der Waals surface area (Å²) in [5, 5.41) is 3.33. The van der Waals surface area contributed by atoms with Crippen molar-refractivity contribution in [2.75, 3.05) is 0 Å². The summed E-state index contributed by atoms with van der Waals surface area (Å²) in [6.45, 7) is 0.374. The third kappa shape index (κ3) is 3.46. The van der Waals surface area contributed by atoms with Crippen molar-refractivity contribution in [2.45, 2.75) is 6.54 Å². The Morgan fingerprint density at radius 2 is 2.28 bits per heavy atom. The van der Waals surface area contributed by atoms with Crippen LogP contribution >= 0.6 is 11.6 Å². The molecule has 1 aromatic carbocycles. The molecule has 92 valence electrons. The van der Waals surface area contributed by atoms with Gasteiger partial charge in [-0.15, -0.1) is 0 Å². The first-order valence-corrected chi connectivity index (χ1v) is 5.82. The molecule has 0 saturated heterocycles. The van der Waals surface area contributed by atoms with Crippen LogP contribution in [0.5, 0.6) is 0 Å². The molecule has 2 N–H and O–H groups in total. The van der Waals surface area contributed by atoms with Crippen LogP contribution in [0.15, 0.2) is 42.7 Å². The number of halogens is 1. The van der Waals surface area contributed by atoms with Crippen molar-refractivity contribution in [1.29, 1.82) is 0 Å². The second kappa shape index (κ2) is 6.02. The highest BCUT2D eigenvalue weighted by Gasteiger charge is 1.99. The third-order valence-corrected chi connectivity index (χ3v) is 2.65. The summed E-state index contributed by atoms with van der Waals surface area (Å²) in [7, 11) is 0. The topological polar surface area (TPSA) is 57.8 Å². The monoisotopic (exact) mass is 261 g/mol. The molecule has 5 heteroatoms. The average Bonchev–Trinajstić information content (AvgIpc) is 2.88. The lowest BCUT2D eigenvalue weighted by Gasteiger charge is -1.99. The fourth-order valence-electron chi connectivity index (χ4n) is 1.40. The van der Waals surface area contributed by atoms with E-state index in [4.69, 9.17) is 11.6 Å². The van der Waals surface area contributed by atoms with Crippen molar-refractivity contribution < 1.29 is 4.79 Å². The number of aromatic nitrogens is 2. The van der Waals surface area contributed by atoms with Gasteiger partial charge in [0, 0.05) is 23.5 Å². The molecule has 0 bridgehead atoms. The van der Waals surface area contributed by atoms with Gasteiger partial charge in [-0.25, -0.2) is 4.98 Å². The number of benzene rings is 1. The van der Waals surface area contributed by atoms with E-state index in [0.29, 0.717) is 11.6 Å². The Kier molecular flexibility index (Phi) is 4.15. The van der Waals surface area contributed by atoms with Crippen LogP contribution in [-0.2, 0) is 11.3 Å². The number of H-pyrrole nitrogens is 1. The zero-order valence-corrected chi connectivity index (χ0v) is 10.3. The molecule has 1 amide bonds. The number of nitrogens with one attached hydrogen (secondary N) is 2. The number of hydrogen-bond acceptors (Lipinski definition) is 2. The van der Waals surface area contributed by atoms with Crippen LogP contribution in [0.2, 0.25) is 5.02 Å². The molecule has 2 aromatic rings. The maximum atomic E-state index is 11.5.